The second-order valence-corrected chi connectivity index (χ2v) is 4.83. The van der Waals surface area contributed by atoms with E-state index in [1.54, 1.807) is 6.07 Å². The Hall–Kier alpha value is -2.01. The summed E-state index contributed by atoms with van der Waals surface area (Å²) in [4.78, 5) is 0. The third kappa shape index (κ3) is 3.36. The SMILES string of the molecule is COc1ccc(C)cc1CC(O)c1cc(F)c(F)c(F)c1. The Morgan fingerprint density at radius 1 is 1.10 bits per heavy atom. The molecule has 2 aromatic rings. The zero-order valence-corrected chi connectivity index (χ0v) is 11.7. The summed E-state index contributed by atoms with van der Waals surface area (Å²) in [7, 11) is 1.50. The van der Waals surface area contributed by atoms with Gasteiger partial charge in [-0.05, 0) is 36.2 Å². The van der Waals surface area contributed by atoms with Gasteiger partial charge in [-0.1, -0.05) is 17.7 Å². The fraction of sp³-hybridized carbons (Fsp3) is 0.250. The van der Waals surface area contributed by atoms with Crippen LogP contribution in [0.2, 0.25) is 0 Å². The van der Waals surface area contributed by atoms with Crippen molar-refractivity contribution in [2.24, 2.45) is 0 Å². The van der Waals surface area contributed by atoms with Crippen molar-refractivity contribution in [3.63, 3.8) is 0 Å². The number of hydrogen-bond donors (Lipinski definition) is 1. The first-order chi connectivity index (χ1) is 9.92. The molecule has 5 heteroatoms. The Balaban J connectivity index is 2.30. The van der Waals surface area contributed by atoms with E-state index in [0.29, 0.717) is 11.3 Å². The molecule has 112 valence electrons. The van der Waals surface area contributed by atoms with Crippen molar-refractivity contribution in [1.29, 1.82) is 0 Å². The maximum absolute atomic E-state index is 13.2. The molecule has 0 aromatic heterocycles. The van der Waals surface area contributed by atoms with Gasteiger partial charge in [0.05, 0.1) is 13.2 Å². The van der Waals surface area contributed by atoms with Gasteiger partial charge in [0, 0.05) is 6.42 Å². The number of hydrogen-bond acceptors (Lipinski definition) is 2. The third-order valence-electron chi connectivity index (χ3n) is 3.24. The molecular formula is C16H15F3O2. The van der Waals surface area contributed by atoms with E-state index in [2.05, 4.69) is 0 Å². The molecule has 0 aliphatic carbocycles. The minimum Gasteiger partial charge on any atom is -0.496 e. The molecule has 0 bridgehead atoms. The molecule has 1 atom stereocenters. The van der Waals surface area contributed by atoms with Crippen molar-refractivity contribution in [3.05, 3.63) is 64.5 Å². The molecule has 0 spiro atoms. The molecule has 0 radical (unpaired) electrons. The van der Waals surface area contributed by atoms with Crippen molar-refractivity contribution in [2.75, 3.05) is 7.11 Å². The highest BCUT2D eigenvalue weighted by atomic mass is 19.2. The monoisotopic (exact) mass is 296 g/mol. The average Bonchev–Trinajstić information content (AvgIpc) is 2.44. The maximum Gasteiger partial charge on any atom is 0.194 e. The number of aliphatic hydroxyl groups is 1. The van der Waals surface area contributed by atoms with Crippen LogP contribution in [0.15, 0.2) is 30.3 Å². The van der Waals surface area contributed by atoms with Crippen LogP contribution in [0.25, 0.3) is 0 Å². The van der Waals surface area contributed by atoms with Crippen molar-refractivity contribution in [3.8, 4) is 5.75 Å². The lowest BCUT2D eigenvalue weighted by molar-refractivity contribution is 0.176. The van der Waals surface area contributed by atoms with Gasteiger partial charge in [0.25, 0.3) is 0 Å². The summed E-state index contributed by atoms with van der Waals surface area (Å²) in [6.45, 7) is 1.88. The molecular weight excluding hydrogens is 281 g/mol. The van der Waals surface area contributed by atoms with Gasteiger partial charge in [-0.3, -0.25) is 0 Å². The molecule has 1 N–H and O–H groups in total. The van der Waals surface area contributed by atoms with E-state index < -0.39 is 23.6 Å². The minimum absolute atomic E-state index is 0.0186. The summed E-state index contributed by atoms with van der Waals surface area (Å²) >= 11 is 0. The quantitative estimate of drug-likeness (QED) is 0.872. The third-order valence-corrected chi connectivity index (χ3v) is 3.24. The van der Waals surface area contributed by atoms with Gasteiger partial charge in [-0.2, -0.15) is 0 Å². The van der Waals surface area contributed by atoms with Crippen LogP contribution < -0.4 is 4.74 Å². The molecule has 0 aliphatic heterocycles. The number of aryl methyl sites for hydroxylation is 1. The zero-order chi connectivity index (χ0) is 15.6. The molecule has 0 amide bonds. The van der Waals surface area contributed by atoms with Gasteiger partial charge in [0.1, 0.15) is 5.75 Å². The van der Waals surface area contributed by atoms with E-state index in [0.717, 1.165) is 17.7 Å². The Bertz CT molecular complexity index is 633. The average molecular weight is 296 g/mol. The zero-order valence-electron chi connectivity index (χ0n) is 11.7. The minimum atomic E-state index is -1.54. The summed E-state index contributed by atoms with van der Waals surface area (Å²) < 4.78 is 44.5. The lowest BCUT2D eigenvalue weighted by Gasteiger charge is -2.15. The summed E-state index contributed by atoms with van der Waals surface area (Å²) in [5.41, 5.74) is 1.65. The van der Waals surface area contributed by atoms with Gasteiger partial charge < -0.3 is 9.84 Å². The maximum atomic E-state index is 13.2. The molecule has 0 saturated carbocycles. The number of halogens is 3. The highest BCUT2D eigenvalue weighted by molar-refractivity contribution is 5.38. The lowest BCUT2D eigenvalue weighted by atomic mass is 9.99. The smallest absolute Gasteiger partial charge is 0.194 e. The molecule has 0 saturated heterocycles. The standard InChI is InChI=1S/C16H15F3O2/c1-9-3-4-15(21-2)11(5-9)8-14(20)10-6-12(17)16(19)13(18)7-10/h3-7,14,20H,8H2,1-2H3. The van der Waals surface area contributed by atoms with Crippen molar-refractivity contribution < 1.29 is 23.0 Å². The van der Waals surface area contributed by atoms with Crippen LogP contribution in [0.5, 0.6) is 5.75 Å². The van der Waals surface area contributed by atoms with E-state index in [9.17, 15) is 18.3 Å². The van der Waals surface area contributed by atoms with Crippen LogP contribution >= 0.6 is 0 Å². The topological polar surface area (TPSA) is 29.5 Å². The first-order valence-electron chi connectivity index (χ1n) is 6.38. The first-order valence-corrected chi connectivity index (χ1v) is 6.38. The predicted octanol–water partition coefficient (Wildman–Crippen LogP) is 3.70. The molecule has 0 heterocycles. The lowest BCUT2D eigenvalue weighted by Crippen LogP contribution is -2.06. The van der Waals surface area contributed by atoms with Crippen LogP contribution in [0.3, 0.4) is 0 Å². The van der Waals surface area contributed by atoms with Gasteiger partial charge in [0.15, 0.2) is 17.5 Å². The largest absolute Gasteiger partial charge is 0.496 e. The van der Waals surface area contributed by atoms with Crippen molar-refractivity contribution in [1.82, 2.24) is 0 Å². The Kier molecular flexibility index (Phi) is 4.53. The molecule has 1 unspecified atom stereocenters. The van der Waals surface area contributed by atoms with E-state index >= 15 is 0 Å². The summed E-state index contributed by atoms with van der Waals surface area (Å²) in [5, 5.41) is 10.1. The van der Waals surface area contributed by atoms with Crippen LogP contribution in [-0.2, 0) is 6.42 Å². The second kappa shape index (κ2) is 6.18. The fourth-order valence-corrected chi connectivity index (χ4v) is 2.16. The van der Waals surface area contributed by atoms with E-state index in [1.807, 2.05) is 19.1 Å². The number of aliphatic hydroxyl groups excluding tert-OH is 1. The molecule has 2 aromatic carbocycles. The Morgan fingerprint density at radius 3 is 2.29 bits per heavy atom. The molecule has 2 rings (SSSR count). The van der Waals surface area contributed by atoms with Crippen molar-refractivity contribution in [2.45, 2.75) is 19.4 Å². The summed E-state index contributed by atoms with van der Waals surface area (Å²) in [5.74, 6) is -3.61. The van der Waals surface area contributed by atoms with Gasteiger partial charge in [-0.25, -0.2) is 13.2 Å². The van der Waals surface area contributed by atoms with Gasteiger partial charge >= 0.3 is 0 Å². The number of methoxy groups -OCH3 is 1. The van der Waals surface area contributed by atoms with Crippen LogP contribution in [0, 0.1) is 24.4 Å². The number of benzene rings is 2. The molecule has 0 fully saturated rings. The molecule has 21 heavy (non-hydrogen) atoms. The number of rotatable bonds is 4. The van der Waals surface area contributed by atoms with Gasteiger partial charge in [0.2, 0.25) is 0 Å². The van der Waals surface area contributed by atoms with Crippen LogP contribution in [-0.4, -0.2) is 12.2 Å². The van der Waals surface area contributed by atoms with Crippen LogP contribution in [0.4, 0.5) is 13.2 Å². The van der Waals surface area contributed by atoms with E-state index in [1.165, 1.54) is 7.11 Å². The fourth-order valence-electron chi connectivity index (χ4n) is 2.16. The van der Waals surface area contributed by atoms with E-state index in [-0.39, 0.29) is 12.0 Å². The first kappa shape index (κ1) is 15.4. The number of ether oxygens (including phenoxy) is 1. The highest BCUT2D eigenvalue weighted by Crippen LogP contribution is 2.27. The molecule has 2 nitrogen and oxygen atoms in total. The Labute approximate surface area is 120 Å². The Morgan fingerprint density at radius 2 is 1.71 bits per heavy atom. The van der Waals surface area contributed by atoms with Gasteiger partial charge in [-0.15, -0.1) is 0 Å². The second-order valence-electron chi connectivity index (χ2n) is 4.83. The molecule has 0 aliphatic rings. The highest BCUT2D eigenvalue weighted by Gasteiger charge is 2.17. The summed E-state index contributed by atoms with van der Waals surface area (Å²) in [6.07, 6.45) is -1.06. The van der Waals surface area contributed by atoms with Crippen LogP contribution in [0.1, 0.15) is 22.8 Å². The summed E-state index contributed by atoms with van der Waals surface area (Å²) in [6, 6.07) is 7.02. The normalized spacial score (nSPS) is 12.3. The predicted molar refractivity (Wildman–Crippen MR) is 72.7 cm³/mol. The van der Waals surface area contributed by atoms with E-state index in [4.69, 9.17) is 4.74 Å². The van der Waals surface area contributed by atoms with Crippen molar-refractivity contribution >= 4 is 0 Å².